The first-order valence-corrected chi connectivity index (χ1v) is 10.1. The Morgan fingerprint density at radius 3 is 2.82 bits per heavy atom. The first-order valence-electron chi connectivity index (χ1n) is 8.26. The van der Waals surface area contributed by atoms with Gasteiger partial charge in [-0.25, -0.2) is 13.4 Å². The third-order valence-corrected chi connectivity index (χ3v) is 5.94. The lowest BCUT2D eigenvalue weighted by Gasteiger charge is -2.17. The third kappa shape index (κ3) is 3.57. The summed E-state index contributed by atoms with van der Waals surface area (Å²) in [5, 5.41) is 12.9. The number of rotatable bonds is 3. The van der Waals surface area contributed by atoms with E-state index in [-0.39, 0.29) is 34.8 Å². The fraction of sp³-hybridized carbons (Fsp3) is 0.235. The van der Waals surface area contributed by atoms with Crippen molar-refractivity contribution in [2.75, 3.05) is 11.5 Å². The smallest absolute Gasteiger partial charge is 0.284 e. The zero-order valence-electron chi connectivity index (χ0n) is 14.3. The maximum absolute atomic E-state index is 13.4. The van der Waals surface area contributed by atoms with E-state index in [1.54, 1.807) is 30.5 Å². The average Bonchev–Trinajstić information content (AvgIpc) is 3.27. The number of H-pyrrole nitrogens is 2. The van der Waals surface area contributed by atoms with Crippen LogP contribution in [0.15, 0.2) is 47.2 Å². The van der Waals surface area contributed by atoms with Crippen LogP contribution in [-0.2, 0) is 16.0 Å². The fourth-order valence-electron chi connectivity index (χ4n) is 3.07. The number of nitrogens with zero attached hydrogens (tertiary/aromatic N) is 3. The molecule has 146 valence electrons. The van der Waals surface area contributed by atoms with Gasteiger partial charge in [0.15, 0.2) is 15.5 Å². The van der Waals surface area contributed by atoms with E-state index in [9.17, 15) is 21.6 Å². The largest absolute Gasteiger partial charge is 0.435 e. The number of hydrogen-bond acceptors (Lipinski definition) is 5. The number of fused-ring (bicyclic) bond motifs is 1. The Bertz CT molecular complexity index is 1200. The summed E-state index contributed by atoms with van der Waals surface area (Å²) < 4.78 is 64.2. The fourth-order valence-corrected chi connectivity index (χ4v) is 4.42. The molecule has 0 bridgehead atoms. The molecule has 3 aromatic rings. The number of nitrogens with one attached hydrogen (secondary N) is 2. The maximum atomic E-state index is 13.4. The van der Waals surface area contributed by atoms with Crippen LogP contribution in [0.4, 0.5) is 18.9 Å². The van der Waals surface area contributed by atoms with Crippen molar-refractivity contribution in [3.63, 3.8) is 0 Å². The molecule has 7 nitrogen and oxygen atoms in total. The minimum Gasteiger partial charge on any atom is -0.284 e. The monoisotopic (exact) mass is 409 g/mol. The molecule has 0 atom stereocenters. The summed E-state index contributed by atoms with van der Waals surface area (Å²) in [6, 6.07) is 4.97. The molecule has 0 amide bonds. The van der Waals surface area contributed by atoms with Crippen molar-refractivity contribution < 1.29 is 21.6 Å². The van der Waals surface area contributed by atoms with Gasteiger partial charge in [0, 0.05) is 11.6 Å². The summed E-state index contributed by atoms with van der Waals surface area (Å²) in [5.74, 6) is -0.412. The van der Waals surface area contributed by atoms with Crippen LogP contribution >= 0.6 is 0 Å². The van der Waals surface area contributed by atoms with Gasteiger partial charge in [0.2, 0.25) is 0 Å². The lowest BCUT2D eigenvalue weighted by molar-refractivity contribution is -0.141. The van der Waals surface area contributed by atoms with Gasteiger partial charge in [-0.2, -0.15) is 23.4 Å². The van der Waals surface area contributed by atoms with E-state index in [0.717, 1.165) is 17.1 Å². The quantitative estimate of drug-likeness (QED) is 0.649. The highest BCUT2D eigenvalue weighted by atomic mass is 32.2. The number of halogens is 3. The Balaban J connectivity index is 1.89. The molecule has 0 aliphatic carbocycles. The average molecular weight is 409 g/mol. The summed E-state index contributed by atoms with van der Waals surface area (Å²) >= 11 is 0. The predicted octanol–water partition coefficient (Wildman–Crippen LogP) is 3.17. The van der Waals surface area contributed by atoms with Gasteiger partial charge in [0.05, 0.1) is 40.2 Å². The van der Waals surface area contributed by atoms with Crippen LogP contribution in [0.1, 0.15) is 17.7 Å². The molecule has 0 fully saturated rings. The van der Waals surface area contributed by atoms with Gasteiger partial charge < -0.3 is 0 Å². The summed E-state index contributed by atoms with van der Waals surface area (Å²) in [6.45, 7) is 0. The van der Waals surface area contributed by atoms with Gasteiger partial charge in [0.25, 0.3) is 0 Å². The summed E-state index contributed by atoms with van der Waals surface area (Å²) in [5.41, 5.74) is -0.137. The molecular formula is C17H14F3N5O2S. The van der Waals surface area contributed by atoms with Crippen molar-refractivity contribution in [1.82, 2.24) is 20.4 Å². The predicted molar refractivity (Wildman–Crippen MR) is 97.2 cm³/mol. The highest BCUT2D eigenvalue weighted by Gasteiger charge is 2.38. The van der Waals surface area contributed by atoms with Crippen molar-refractivity contribution >= 4 is 32.1 Å². The first-order chi connectivity index (χ1) is 13.2. The van der Waals surface area contributed by atoms with Crippen LogP contribution in [0.2, 0.25) is 0 Å². The zero-order chi connectivity index (χ0) is 19.9. The minimum absolute atomic E-state index is 0.0394. The van der Waals surface area contributed by atoms with E-state index >= 15 is 0 Å². The molecule has 11 heteroatoms. The first kappa shape index (κ1) is 18.4. The van der Waals surface area contributed by atoms with Crippen LogP contribution < -0.4 is 0 Å². The second-order valence-corrected chi connectivity index (χ2v) is 8.54. The lowest BCUT2D eigenvalue weighted by atomic mass is 10.0. The highest BCUT2D eigenvalue weighted by molar-refractivity contribution is 7.91. The second-order valence-electron chi connectivity index (χ2n) is 6.36. The Morgan fingerprint density at radius 2 is 2.07 bits per heavy atom. The van der Waals surface area contributed by atoms with Gasteiger partial charge in [-0.1, -0.05) is 6.08 Å². The Kier molecular flexibility index (Phi) is 4.33. The van der Waals surface area contributed by atoms with Crippen molar-refractivity contribution in [3.8, 4) is 0 Å². The number of alkyl halides is 3. The van der Waals surface area contributed by atoms with Crippen molar-refractivity contribution in [1.29, 1.82) is 0 Å². The molecule has 0 unspecified atom stereocenters. The maximum Gasteiger partial charge on any atom is 0.435 e. The van der Waals surface area contributed by atoms with Crippen LogP contribution in [-0.4, -0.2) is 46.0 Å². The molecule has 1 aliphatic rings. The van der Waals surface area contributed by atoms with Gasteiger partial charge >= 0.3 is 6.18 Å². The molecule has 28 heavy (non-hydrogen) atoms. The zero-order valence-corrected chi connectivity index (χ0v) is 15.1. The van der Waals surface area contributed by atoms with Crippen molar-refractivity contribution in [2.45, 2.75) is 12.6 Å². The molecule has 1 aliphatic heterocycles. The van der Waals surface area contributed by atoms with E-state index in [1.807, 2.05) is 0 Å². The standard InChI is InChI=1S/C17H14F3N5O2S/c18-17(19,20)16-13(8-22-25-16)15(10-2-1-5-28(26,27)9-10)23-12-3-4-14-11(6-12)7-21-24-14/h2-4,6-8H,1,5,9H2,(H,21,24)(H,22,25)/b23-15+. The van der Waals surface area contributed by atoms with Gasteiger partial charge in [-0.15, -0.1) is 0 Å². The number of aromatic nitrogens is 4. The number of hydrogen-bond donors (Lipinski definition) is 2. The summed E-state index contributed by atoms with van der Waals surface area (Å²) in [4.78, 5) is 4.38. The number of benzene rings is 1. The Hall–Kier alpha value is -2.95. The van der Waals surface area contributed by atoms with E-state index in [1.165, 1.54) is 0 Å². The number of aromatic amines is 2. The SMILES string of the molecule is O=S1(=O)CCC=C(/C(=N\c2ccc3[nH]ncc3c2)c2c[nH]nc2C(F)(F)F)C1. The van der Waals surface area contributed by atoms with Gasteiger partial charge in [-0.3, -0.25) is 10.2 Å². The number of allylic oxidation sites excluding steroid dienone is 1. The van der Waals surface area contributed by atoms with E-state index in [2.05, 4.69) is 25.4 Å². The highest BCUT2D eigenvalue weighted by Crippen LogP contribution is 2.33. The van der Waals surface area contributed by atoms with Crippen molar-refractivity contribution in [2.24, 2.45) is 4.99 Å². The van der Waals surface area contributed by atoms with Crippen LogP contribution in [0.5, 0.6) is 0 Å². The van der Waals surface area contributed by atoms with Gasteiger partial charge in [-0.05, 0) is 30.2 Å². The lowest BCUT2D eigenvalue weighted by Crippen LogP contribution is -2.23. The summed E-state index contributed by atoms with van der Waals surface area (Å²) in [6.07, 6.45) is -0.226. The molecule has 3 heterocycles. The topological polar surface area (TPSA) is 104 Å². The molecule has 0 spiro atoms. The Morgan fingerprint density at radius 1 is 1.25 bits per heavy atom. The van der Waals surface area contributed by atoms with E-state index in [0.29, 0.717) is 5.69 Å². The molecule has 1 aromatic carbocycles. The summed E-state index contributed by atoms with van der Waals surface area (Å²) in [7, 11) is -3.41. The molecule has 0 radical (unpaired) electrons. The molecular weight excluding hydrogens is 395 g/mol. The molecule has 2 N–H and O–H groups in total. The molecule has 0 saturated heterocycles. The number of aliphatic imine (C=N–C) groups is 1. The number of sulfone groups is 1. The van der Waals surface area contributed by atoms with Crippen molar-refractivity contribution in [3.05, 3.63) is 53.5 Å². The Labute approximate surface area is 157 Å². The normalized spacial score (nSPS) is 17.7. The second kappa shape index (κ2) is 6.59. The van der Waals surface area contributed by atoms with E-state index < -0.39 is 21.7 Å². The van der Waals surface area contributed by atoms with E-state index in [4.69, 9.17) is 0 Å². The van der Waals surface area contributed by atoms with Crippen LogP contribution in [0, 0.1) is 0 Å². The van der Waals surface area contributed by atoms with Crippen LogP contribution in [0.3, 0.4) is 0 Å². The molecule has 0 saturated carbocycles. The minimum atomic E-state index is -4.71. The van der Waals surface area contributed by atoms with Gasteiger partial charge in [0.1, 0.15) is 0 Å². The molecule has 4 rings (SSSR count). The van der Waals surface area contributed by atoms with Crippen LogP contribution in [0.25, 0.3) is 10.9 Å². The third-order valence-electron chi connectivity index (χ3n) is 4.33. The molecule has 2 aromatic heterocycles.